The van der Waals surface area contributed by atoms with E-state index in [0.29, 0.717) is 23.9 Å². The van der Waals surface area contributed by atoms with E-state index in [0.717, 1.165) is 19.5 Å². The summed E-state index contributed by atoms with van der Waals surface area (Å²) in [5.74, 6) is -0.268. The lowest BCUT2D eigenvalue weighted by molar-refractivity contribution is -0.114. The van der Waals surface area contributed by atoms with Crippen LogP contribution in [0, 0.1) is 0 Å². The maximum absolute atomic E-state index is 12.7. The van der Waals surface area contributed by atoms with Gasteiger partial charge in [0.1, 0.15) is 0 Å². The quantitative estimate of drug-likeness (QED) is 0.857. The van der Waals surface area contributed by atoms with Crippen molar-refractivity contribution < 1.29 is 14.3 Å². The Morgan fingerprint density at radius 1 is 1.07 bits per heavy atom. The highest BCUT2D eigenvalue weighted by atomic mass is 16.5. The minimum Gasteiger partial charge on any atom is -0.371 e. The van der Waals surface area contributed by atoms with Gasteiger partial charge in [0.15, 0.2) is 0 Å². The molecule has 2 fully saturated rings. The fraction of sp³-hybridized carbons (Fsp3) is 0.364. The topological polar surface area (TPSA) is 70.7 Å². The SMILES string of the molecule is CC(=O)Nc1cccc(C(=O)N[C@H]2C[C@H]3CO[C@@H](c4ccccc4)CN3C2)c1. The van der Waals surface area contributed by atoms with Crippen molar-refractivity contribution in [1.29, 1.82) is 0 Å². The van der Waals surface area contributed by atoms with Crippen molar-refractivity contribution in [3.63, 3.8) is 0 Å². The van der Waals surface area contributed by atoms with Gasteiger partial charge in [-0.15, -0.1) is 0 Å². The molecule has 2 aliphatic heterocycles. The lowest BCUT2D eigenvalue weighted by atomic mass is 10.1. The summed E-state index contributed by atoms with van der Waals surface area (Å²) in [5, 5.41) is 5.85. The molecule has 6 heteroatoms. The van der Waals surface area contributed by atoms with Crippen molar-refractivity contribution >= 4 is 17.5 Å². The number of carbonyl (C=O) groups is 2. The normalized spacial score (nSPS) is 24.4. The van der Waals surface area contributed by atoms with Crippen molar-refractivity contribution in [3.8, 4) is 0 Å². The standard InChI is InChI=1S/C22H25N3O3/c1-15(26)23-18-9-5-8-17(10-18)22(27)24-19-11-20-14-28-21(13-25(20)12-19)16-6-3-2-4-7-16/h2-10,19-21H,11-14H2,1H3,(H,23,26)(H,24,27)/t19-,20-,21+/m0/s1. The zero-order chi connectivity index (χ0) is 19.5. The lowest BCUT2D eigenvalue weighted by Gasteiger charge is -2.35. The minimum atomic E-state index is -0.154. The number of rotatable bonds is 4. The van der Waals surface area contributed by atoms with E-state index in [1.807, 2.05) is 18.2 Å². The molecule has 0 unspecified atom stereocenters. The average molecular weight is 379 g/mol. The number of fused-ring (bicyclic) bond motifs is 1. The van der Waals surface area contributed by atoms with Gasteiger partial charge in [0.2, 0.25) is 5.91 Å². The number of benzene rings is 2. The van der Waals surface area contributed by atoms with Gasteiger partial charge in [0.05, 0.1) is 12.7 Å². The highest BCUT2D eigenvalue weighted by Crippen LogP contribution is 2.30. The van der Waals surface area contributed by atoms with E-state index in [-0.39, 0.29) is 24.0 Å². The lowest BCUT2D eigenvalue weighted by Crippen LogP contribution is -2.43. The molecule has 0 aliphatic carbocycles. The maximum atomic E-state index is 12.7. The predicted octanol–water partition coefficient (Wildman–Crippen LogP) is 2.59. The molecule has 146 valence electrons. The number of nitrogens with one attached hydrogen (secondary N) is 2. The Morgan fingerprint density at radius 2 is 1.89 bits per heavy atom. The number of anilines is 1. The molecule has 28 heavy (non-hydrogen) atoms. The molecule has 2 saturated heterocycles. The fourth-order valence-corrected chi connectivity index (χ4v) is 4.06. The number of nitrogens with zero attached hydrogens (tertiary/aromatic N) is 1. The summed E-state index contributed by atoms with van der Waals surface area (Å²) in [6.07, 6.45) is 0.972. The van der Waals surface area contributed by atoms with Crippen LogP contribution in [-0.2, 0) is 9.53 Å². The van der Waals surface area contributed by atoms with Crippen LogP contribution < -0.4 is 10.6 Å². The fourth-order valence-electron chi connectivity index (χ4n) is 4.06. The zero-order valence-electron chi connectivity index (χ0n) is 15.9. The Balaban J connectivity index is 1.36. The van der Waals surface area contributed by atoms with Gasteiger partial charge in [0.25, 0.3) is 5.91 Å². The van der Waals surface area contributed by atoms with Gasteiger partial charge in [-0.1, -0.05) is 36.4 Å². The number of hydrogen-bond donors (Lipinski definition) is 2. The first-order chi connectivity index (χ1) is 13.6. The summed E-state index contributed by atoms with van der Waals surface area (Å²) in [6, 6.07) is 17.7. The number of morpholine rings is 1. The van der Waals surface area contributed by atoms with E-state index in [1.165, 1.54) is 12.5 Å². The molecule has 2 aromatic rings. The molecular formula is C22H25N3O3. The van der Waals surface area contributed by atoms with Crippen LogP contribution in [0.25, 0.3) is 0 Å². The van der Waals surface area contributed by atoms with Gasteiger partial charge < -0.3 is 15.4 Å². The van der Waals surface area contributed by atoms with Crippen LogP contribution in [0.3, 0.4) is 0 Å². The first-order valence-corrected chi connectivity index (χ1v) is 9.67. The first kappa shape index (κ1) is 18.7. The van der Waals surface area contributed by atoms with Gasteiger partial charge in [-0.05, 0) is 30.2 Å². The second kappa shape index (κ2) is 8.12. The molecule has 3 atom stereocenters. The first-order valence-electron chi connectivity index (χ1n) is 9.67. The molecule has 2 aromatic carbocycles. The van der Waals surface area contributed by atoms with Gasteiger partial charge in [-0.2, -0.15) is 0 Å². The van der Waals surface area contributed by atoms with E-state index < -0.39 is 0 Å². The highest BCUT2D eigenvalue weighted by molar-refractivity contribution is 5.97. The van der Waals surface area contributed by atoms with Crippen LogP contribution in [0.1, 0.15) is 35.4 Å². The molecule has 6 nitrogen and oxygen atoms in total. The van der Waals surface area contributed by atoms with Crippen molar-refractivity contribution in [2.45, 2.75) is 31.5 Å². The predicted molar refractivity (Wildman–Crippen MR) is 107 cm³/mol. The largest absolute Gasteiger partial charge is 0.371 e. The van der Waals surface area contributed by atoms with Gasteiger partial charge >= 0.3 is 0 Å². The number of ether oxygens (including phenoxy) is 1. The van der Waals surface area contributed by atoms with Crippen LogP contribution in [0.15, 0.2) is 54.6 Å². The molecule has 0 aromatic heterocycles. The van der Waals surface area contributed by atoms with Crippen LogP contribution in [-0.4, -0.2) is 48.5 Å². The van der Waals surface area contributed by atoms with Crippen LogP contribution in [0.5, 0.6) is 0 Å². The molecule has 2 aliphatic rings. The molecule has 2 N–H and O–H groups in total. The summed E-state index contributed by atoms with van der Waals surface area (Å²) < 4.78 is 6.07. The third-order valence-electron chi connectivity index (χ3n) is 5.37. The number of amides is 2. The number of carbonyl (C=O) groups excluding carboxylic acids is 2. The Bertz CT molecular complexity index is 855. The molecule has 0 spiro atoms. The molecule has 2 heterocycles. The smallest absolute Gasteiger partial charge is 0.251 e. The van der Waals surface area contributed by atoms with Crippen LogP contribution >= 0.6 is 0 Å². The molecule has 2 amide bonds. The zero-order valence-corrected chi connectivity index (χ0v) is 15.9. The second-order valence-electron chi connectivity index (χ2n) is 7.51. The van der Waals surface area contributed by atoms with E-state index >= 15 is 0 Å². The monoisotopic (exact) mass is 379 g/mol. The van der Waals surface area contributed by atoms with Crippen molar-refractivity contribution in [3.05, 3.63) is 65.7 Å². The summed E-state index contributed by atoms with van der Waals surface area (Å²) in [4.78, 5) is 26.3. The van der Waals surface area contributed by atoms with Gasteiger partial charge in [-0.3, -0.25) is 14.5 Å². The minimum absolute atomic E-state index is 0.0845. The van der Waals surface area contributed by atoms with E-state index in [2.05, 4.69) is 27.7 Å². The third-order valence-corrected chi connectivity index (χ3v) is 5.37. The summed E-state index contributed by atoms with van der Waals surface area (Å²) >= 11 is 0. The highest BCUT2D eigenvalue weighted by Gasteiger charge is 2.38. The Hall–Kier alpha value is -2.70. The van der Waals surface area contributed by atoms with Crippen molar-refractivity contribution in [2.24, 2.45) is 0 Å². The maximum Gasteiger partial charge on any atom is 0.251 e. The molecule has 0 bridgehead atoms. The second-order valence-corrected chi connectivity index (χ2v) is 7.51. The van der Waals surface area contributed by atoms with Gasteiger partial charge in [-0.25, -0.2) is 0 Å². The van der Waals surface area contributed by atoms with Crippen LogP contribution in [0.4, 0.5) is 5.69 Å². The summed E-state index contributed by atoms with van der Waals surface area (Å²) in [6.45, 7) is 3.81. The summed E-state index contributed by atoms with van der Waals surface area (Å²) in [5.41, 5.74) is 2.38. The average Bonchev–Trinajstić information content (AvgIpc) is 3.09. The van der Waals surface area contributed by atoms with Crippen molar-refractivity contribution in [2.75, 3.05) is 25.0 Å². The molecule has 0 radical (unpaired) electrons. The summed E-state index contributed by atoms with van der Waals surface area (Å²) in [7, 11) is 0. The molecule has 4 rings (SSSR count). The third kappa shape index (κ3) is 4.24. The number of hydrogen-bond acceptors (Lipinski definition) is 4. The Labute approximate surface area is 164 Å². The van der Waals surface area contributed by atoms with E-state index in [1.54, 1.807) is 24.3 Å². The van der Waals surface area contributed by atoms with E-state index in [4.69, 9.17) is 4.74 Å². The van der Waals surface area contributed by atoms with Crippen molar-refractivity contribution in [1.82, 2.24) is 10.2 Å². The Morgan fingerprint density at radius 3 is 2.68 bits per heavy atom. The van der Waals surface area contributed by atoms with E-state index in [9.17, 15) is 9.59 Å². The Kier molecular flexibility index (Phi) is 5.41. The molecular weight excluding hydrogens is 354 g/mol. The van der Waals surface area contributed by atoms with Crippen LogP contribution in [0.2, 0.25) is 0 Å². The molecule has 0 saturated carbocycles. The van der Waals surface area contributed by atoms with Gasteiger partial charge in [0, 0.05) is 43.3 Å².